The Kier molecular flexibility index (Phi) is 4.51. The van der Waals surface area contributed by atoms with Gasteiger partial charge in [0.25, 0.3) is 5.56 Å². The van der Waals surface area contributed by atoms with Crippen LogP contribution in [0.3, 0.4) is 0 Å². The molecule has 1 atom stereocenters. The van der Waals surface area contributed by atoms with Crippen LogP contribution in [0.15, 0.2) is 29.3 Å². The van der Waals surface area contributed by atoms with E-state index in [0.29, 0.717) is 16.1 Å². The molecule has 2 aromatic heterocycles. The quantitative estimate of drug-likeness (QED) is 0.746. The molecule has 0 radical (unpaired) electrons. The average Bonchev–Trinajstić information content (AvgIpc) is 2.98. The van der Waals surface area contributed by atoms with Crippen molar-refractivity contribution in [2.24, 2.45) is 5.92 Å². The first-order valence-corrected chi connectivity index (χ1v) is 9.48. The van der Waals surface area contributed by atoms with Crippen molar-refractivity contribution < 1.29 is 13.6 Å². The van der Waals surface area contributed by atoms with Crippen LogP contribution >= 0.6 is 11.3 Å². The molecular formula is C19H17F2N3O2S. The number of carbonyl (C=O) groups excluding carboxylic acids is 1. The lowest BCUT2D eigenvalue weighted by Crippen LogP contribution is -2.28. The molecular weight excluding hydrogens is 372 g/mol. The molecule has 4 rings (SSSR count). The Labute approximate surface area is 157 Å². The molecule has 1 amide bonds. The zero-order valence-electron chi connectivity index (χ0n) is 14.6. The van der Waals surface area contributed by atoms with Crippen molar-refractivity contribution >= 4 is 33.1 Å². The van der Waals surface area contributed by atoms with Gasteiger partial charge in [0.05, 0.1) is 17.4 Å². The van der Waals surface area contributed by atoms with Crippen LogP contribution in [-0.2, 0) is 24.2 Å². The number of anilines is 1. The molecule has 1 aromatic carbocycles. The zero-order valence-corrected chi connectivity index (χ0v) is 15.4. The maximum Gasteiger partial charge on any atom is 0.262 e. The van der Waals surface area contributed by atoms with Gasteiger partial charge in [-0.2, -0.15) is 0 Å². The van der Waals surface area contributed by atoms with Crippen LogP contribution in [-0.4, -0.2) is 15.5 Å². The lowest BCUT2D eigenvalue weighted by Gasteiger charge is -2.17. The van der Waals surface area contributed by atoms with Gasteiger partial charge in [0.15, 0.2) is 0 Å². The van der Waals surface area contributed by atoms with Crippen LogP contribution in [0.25, 0.3) is 10.2 Å². The summed E-state index contributed by atoms with van der Waals surface area (Å²) in [6.07, 6.45) is 4.12. The van der Waals surface area contributed by atoms with Gasteiger partial charge in [0.2, 0.25) is 5.91 Å². The molecule has 3 aromatic rings. The summed E-state index contributed by atoms with van der Waals surface area (Å²) in [6, 6.07) is 2.80. The van der Waals surface area contributed by atoms with Gasteiger partial charge in [-0.15, -0.1) is 11.3 Å². The first-order chi connectivity index (χ1) is 12.9. The van der Waals surface area contributed by atoms with E-state index in [1.165, 1.54) is 27.1 Å². The van der Waals surface area contributed by atoms with Crippen LogP contribution in [0.4, 0.5) is 14.5 Å². The Hall–Kier alpha value is -2.61. The lowest BCUT2D eigenvalue weighted by atomic mass is 9.89. The van der Waals surface area contributed by atoms with Crippen molar-refractivity contribution in [3.05, 3.63) is 57.0 Å². The predicted octanol–water partition coefficient (Wildman–Crippen LogP) is 3.50. The second-order valence-electron chi connectivity index (χ2n) is 6.88. The fraction of sp³-hybridized carbons (Fsp3) is 0.316. The number of hydrogen-bond acceptors (Lipinski definition) is 4. The number of aromatic nitrogens is 2. The van der Waals surface area contributed by atoms with Gasteiger partial charge in [-0.1, -0.05) is 6.92 Å². The summed E-state index contributed by atoms with van der Waals surface area (Å²) in [6.45, 7) is 1.87. The SMILES string of the molecule is CC1CCc2c(sc3ncn(CC(=O)Nc4cc(F)ccc4F)c(=O)c23)C1. The molecule has 0 saturated heterocycles. The summed E-state index contributed by atoms with van der Waals surface area (Å²) < 4.78 is 28.1. The number of rotatable bonds is 3. The lowest BCUT2D eigenvalue weighted by molar-refractivity contribution is -0.116. The van der Waals surface area contributed by atoms with E-state index in [1.54, 1.807) is 0 Å². The van der Waals surface area contributed by atoms with Crippen molar-refractivity contribution in [3.8, 4) is 0 Å². The second kappa shape index (κ2) is 6.84. The number of aryl methyl sites for hydroxylation is 1. The molecule has 0 saturated carbocycles. The van der Waals surface area contributed by atoms with Crippen molar-refractivity contribution in [2.45, 2.75) is 32.7 Å². The van der Waals surface area contributed by atoms with E-state index in [2.05, 4.69) is 17.2 Å². The fourth-order valence-corrected chi connectivity index (χ4v) is 4.76. The van der Waals surface area contributed by atoms with E-state index in [0.717, 1.165) is 43.0 Å². The van der Waals surface area contributed by atoms with Crippen LogP contribution in [0.2, 0.25) is 0 Å². The van der Waals surface area contributed by atoms with Gasteiger partial charge in [-0.05, 0) is 42.9 Å². The monoisotopic (exact) mass is 389 g/mol. The number of thiophene rings is 1. The van der Waals surface area contributed by atoms with E-state index in [1.807, 2.05) is 0 Å². The van der Waals surface area contributed by atoms with Gasteiger partial charge in [-0.3, -0.25) is 14.2 Å². The molecule has 1 aliphatic carbocycles. The minimum atomic E-state index is -0.744. The Morgan fingerprint density at radius 1 is 1.41 bits per heavy atom. The molecule has 1 unspecified atom stereocenters. The molecule has 8 heteroatoms. The third kappa shape index (κ3) is 3.37. The number of halogens is 2. The Balaban J connectivity index is 1.62. The predicted molar refractivity (Wildman–Crippen MR) is 100 cm³/mol. The highest BCUT2D eigenvalue weighted by molar-refractivity contribution is 7.18. The minimum Gasteiger partial charge on any atom is -0.322 e. The summed E-state index contributed by atoms with van der Waals surface area (Å²) in [5.41, 5.74) is 0.502. The maximum atomic E-state index is 13.7. The number of fused-ring (bicyclic) bond motifs is 3. The fourth-order valence-electron chi connectivity index (χ4n) is 3.42. The minimum absolute atomic E-state index is 0.260. The molecule has 0 bridgehead atoms. The number of nitrogens with one attached hydrogen (secondary N) is 1. The maximum absolute atomic E-state index is 13.7. The highest BCUT2D eigenvalue weighted by Gasteiger charge is 2.23. The summed E-state index contributed by atoms with van der Waals surface area (Å²) in [5, 5.41) is 2.88. The average molecular weight is 389 g/mol. The van der Waals surface area contributed by atoms with Crippen LogP contribution < -0.4 is 10.9 Å². The van der Waals surface area contributed by atoms with Crippen LogP contribution in [0.5, 0.6) is 0 Å². The third-order valence-corrected chi connectivity index (χ3v) is 5.96. The van der Waals surface area contributed by atoms with Gasteiger partial charge in [0, 0.05) is 10.9 Å². The number of benzene rings is 1. The summed E-state index contributed by atoms with van der Waals surface area (Å²) in [5.74, 6) is -1.45. The smallest absolute Gasteiger partial charge is 0.262 e. The van der Waals surface area contributed by atoms with Gasteiger partial charge >= 0.3 is 0 Å². The first-order valence-electron chi connectivity index (χ1n) is 8.67. The van der Waals surface area contributed by atoms with Crippen molar-refractivity contribution in [1.29, 1.82) is 0 Å². The third-order valence-electron chi connectivity index (χ3n) is 4.80. The Bertz CT molecular complexity index is 1110. The highest BCUT2D eigenvalue weighted by Crippen LogP contribution is 2.35. The van der Waals surface area contributed by atoms with Crippen LogP contribution in [0.1, 0.15) is 23.8 Å². The number of nitrogens with zero attached hydrogens (tertiary/aromatic N) is 2. The molecule has 5 nitrogen and oxygen atoms in total. The normalized spacial score (nSPS) is 16.3. The van der Waals surface area contributed by atoms with Crippen molar-refractivity contribution in [2.75, 3.05) is 5.32 Å². The molecule has 0 spiro atoms. The summed E-state index contributed by atoms with van der Waals surface area (Å²) >= 11 is 1.54. The number of carbonyl (C=O) groups is 1. The van der Waals surface area contributed by atoms with Gasteiger partial charge in [-0.25, -0.2) is 13.8 Å². The number of hydrogen-bond donors (Lipinski definition) is 1. The Morgan fingerprint density at radius 2 is 2.22 bits per heavy atom. The molecule has 0 aliphatic heterocycles. The molecule has 0 fully saturated rings. The summed E-state index contributed by atoms with van der Waals surface area (Å²) in [7, 11) is 0. The molecule has 1 N–H and O–H groups in total. The largest absolute Gasteiger partial charge is 0.322 e. The van der Waals surface area contributed by atoms with Crippen LogP contribution in [0, 0.1) is 17.6 Å². The van der Waals surface area contributed by atoms with Crippen molar-refractivity contribution in [1.82, 2.24) is 9.55 Å². The second-order valence-corrected chi connectivity index (χ2v) is 7.97. The van der Waals surface area contributed by atoms with E-state index in [4.69, 9.17) is 0 Å². The summed E-state index contributed by atoms with van der Waals surface area (Å²) in [4.78, 5) is 31.3. The van der Waals surface area contributed by atoms with E-state index in [9.17, 15) is 18.4 Å². The molecule has 1 aliphatic rings. The number of amides is 1. The van der Waals surface area contributed by atoms with Gasteiger partial charge in [0.1, 0.15) is 23.0 Å². The van der Waals surface area contributed by atoms with E-state index < -0.39 is 17.5 Å². The standard InChI is InChI=1S/C19H17F2N3O2S/c1-10-2-4-12-15(6-10)27-18-17(12)19(26)24(9-22-18)8-16(25)23-14-7-11(20)3-5-13(14)21/h3,5,7,9-10H,2,4,6,8H2,1H3,(H,23,25). The Morgan fingerprint density at radius 3 is 3.04 bits per heavy atom. The van der Waals surface area contributed by atoms with E-state index >= 15 is 0 Å². The molecule has 2 heterocycles. The molecule has 140 valence electrons. The molecule has 27 heavy (non-hydrogen) atoms. The topological polar surface area (TPSA) is 64.0 Å². The first kappa shape index (κ1) is 17.8. The van der Waals surface area contributed by atoms with Gasteiger partial charge < -0.3 is 5.32 Å². The van der Waals surface area contributed by atoms with E-state index in [-0.39, 0.29) is 17.8 Å². The zero-order chi connectivity index (χ0) is 19.1. The highest BCUT2D eigenvalue weighted by atomic mass is 32.1. The van der Waals surface area contributed by atoms with Crippen molar-refractivity contribution in [3.63, 3.8) is 0 Å².